The maximum atomic E-state index is 6.32. The Balaban J connectivity index is 2.31. The Bertz CT molecular complexity index is 788. The predicted molar refractivity (Wildman–Crippen MR) is 88.9 cm³/mol. The van der Waals surface area contributed by atoms with Gasteiger partial charge in [0.15, 0.2) is 5.65 Å². The van der Waals surface area contributed by atoms with Gasteiger partial charge in [-0.3, -0.25) is 0 Å². The Kier molecular flexibility index (Phi) is 3.72. The van der Waals surface area contributed by atoms with Crippen molar-refractivity contribution in [3.8, 4) is 11.3 Å². The fourth-order valence-corrected chi connectivity index (χ4v) is 3.04. The summed E-state index contributed by atoms with van der Waals surface area (Å²) in [7, 11) is 0. The first-order chi connectivity index (χ1) is 9.08. The number of halogens is 4. The van der Waals surface area contributed by atoms with Crippen molar-refractivity contribution in [3.63, 3.8) is 0 Å². The van der Waals surface area contributed by atoms with Crippen LogP contribution < -0.4 is 0 Å². The molecule has 96 valence electrons. The molecule has 0 bridgehead atoms. The second kappa shape index (κ2) is 5.20. The van der Waals surface area contributed by atoms with Gasteiger partial charge in [-0.25, -0.2) is 9.50 Å². The molecule has 0 spiro atoms. The molecule has 1 aromatic carbocycles. The van der Waals surface area contributed by atoms with Crippen molar-refractivity contribution >= 4 is 67.4 Å². The normalized spacial score (nSPS) is 11.2. The summed E-state index contributed by atoms with van der Waals surface area (Å²) in [6.45, 7) is 0. The van der Waals surface area contributed by atoms with Gasteiger partial charge in [-0.2, -0.15) is 5.10 Å². The number of nitrogens with zero attached hydrogens (tertiary/aromatic N) is 3. The van der Waals surface area contributed by atoms with E-state index in [2.05, 4.69) is 48.6 Å². The minimum absolute atomic E-state index is 0.487. The molecule has 2 aromatic heterocycles. The second-order valence-corrected chi connectivity index (χ2v) is 6.58. The zero-order valence-corrected chi connectivity index (χ0v) is 14.5. The van der Waals surface area contributed by atoms with E-state index in [-0.39, 0.29) is 0 Å². The van der Waals surface area contributed by atoms with Crippen molar-refractivity contribution in [1.29, 1.82) is 0 Å². The lowest BCUT2D eigenvalue weighted by atomic mass is 10.1. The monoisotopic (exact) mass is 467 g/mol. The number of rotatable bonds is 1. The first kappa shape index (κ1) is 13.6. The van der Waals surface area contributed by atoms with Crippen LogP contribution in [0.4, 0.5) is 0 Å². The van der Waals surface area contributed by atoms with Crippen LogP contribution in [0.2, 0.25) is 10.2 Å². The minimum Gasteiger partial charge on any atom is -0.227 e. The van der Waals surface area contributed by atoms with E-state index in [9.17, 15) is 0 Å². The van der Waals surface area contributed by atoms with Crippen LogP contribution >= 0.6 is 61.7 Å². The number of benzene rings is 1. The Labute approximate surface area is 141 Å². The van der Waals surface area contributed by atoms with Crippen LogP contribution in [0, 0.1) is 3.57 Å². The number of fused-ring (bicyclic) bond motifs is 1. The van der Waals surface area contributed by atoms with Gasteiger partial charge in [-0.05, 0) is 44.6 Å². The van der Waals surface area contributed by atoms with Crippen molar-refractivity contribution in [2.45, 2.75) is 0 Å². The molecule has 0 amide bonds. The van der Waals surface area contributed by atoms with Crippen LogP contribution in [0.15, 0.2) is 34.9 Å². The lowest BCUT2D eigenvalue weighted by molar-refractivity contribution is 0.942. The summed E-state index contributed by atoms with van der Waals surface area (Å²) in [5.74, 6) is 0. The van der Waals surface area contributed by atoms with E-state index in [1.165, 1.54) is 0 Å². The van der Waals surface area contributed by atoms with E-state index in [0.29, 0.717) is 15.8 Å². The van der Waals surface area contributed by atoms with E-state index in [4.69, 9.17) is 23.2 Å². The number of hydrogen-bond donors (Lipinski definition) is 0. The predicted octanol–water partition coefficient (Wildman–Crippen LogP) is 5.07. The molecule has 0 saturated heterocycles. The summed E-state index contributed by atoms with van der Waals surface area (Å²) in [5.41, 5.74) is 2.24. The highest BCUT2D eigenvalue weighted by atomic mass is 127. The Morgan fingerprint density at radius 1 is 1.26 bits per heavy atom. The average molecular weight is 469 g/mol. The fraction of sp³-hybridized carbons (Fsp3) is 0. The smallest absolute Gasteiger partial charge is 0.171 e. The summed E-state index contributed by atoms with van der Waals surface area (Å²) in [6, 6.07) is 7.56. The lowest BCUT2D eigenvalue weighted by Gasteiger charge is -2.07. The van der Waals surface area contributed by atoms with Crippen LogP contribution in [-0.4, -0.2) is 14.6 Å². The van der Waals surface area contributed by atoms with E-state index in [1.54, 1.807) is 16.8 Å². The molecule has 0 atom stereocenters. The fourth-order valence-electron chi connectivity index (χ4n) is 1.74. The van der Waals surface area contributed by atoms with Gasteiger partial charge in [-0.15, -0.1) is 0 Å². The standard InChI is InChI=1S/C12H5BrCl2IN3/c13-7-5-17-19-10(14)4-9(18-12(7)19)6-2-1-3-8(16)11(6)15/h1-5H. The Morgan fingerprint density at radius 3 is 2.84 bits per heavy atom. The zero-order valence-electron chi connectivity index (χ0n) is 9.24. The summed E-state index contributed by atoms with van der Waals surface area (Å²) in [6.07, 6.45) is 1.66. The van der Waals surface area contributed by atoms with E-state index in [0.717, 1.165) is 19.3 Å². The molecule has 3 aromatic rings. The zero-order chi connectivity index (χ0) is 13.6. The molecule has 0 aliphatic heterocycles. The quantitative estimate of drug-likeness (QED) is 0.369. The van der Waals surface area contributed by atoms with Gasteiger partial charge in [-0.1, -0.05) is 35.3 Å². The molecule has 3 nitrogen and oxygen atoms in total. The summed E-state index contributed by atoms with van der Waals surface area (Å²) < 4.78 is 3.33. The lowest BCUT2D eigenvalue weighted by Crippen LogP contribution is -1.95. The molecular weight excluding hydrogens is 464 g/mol. The van der Waals surface area contributed by atoms with Gasteiger partial charge in [0.1, 0.15) is 5.15 Å². The second-order valence-electron chi connectivity index (χ2n) is 3.79. The van der Waals surface area contributed by atoms with Crippen molar-refractivity contribution in [3.05, 3.63) is 48.7 Å². The third-order valence-corrected chi connectivity index (χ3v) is 5.07. The molecule has 0 aliphatic rings. The molecule has 0 aliphatic carbocycles. The van der Waals surface area contributed by atoms with Crippen LogP contribution in [0.25, 0.3) is 16.9 Å². The molecule has 7 heteroatoms. The van der Waals surface area contributed by atoms with E-state index < -0.39 is 0 Å². The molecule has 2 heterocycles. The van der Waals surface area contributed by atoms with Crippen LogP contribution in [0.5, 0.6) is 0 Å². The van der Waals surface area contributed by atoms with Crippen LogP contribution in [0.1, 0.15) is 0 Å². The Morgan fingerprint density at radius 2 is 2.05 bits per heavy atom. The van der Waals surface area contributed by atoms with Crippen molar-refractivity contribution in [1.82, 2.24) is 14.6 Å². The van der Waals surface area contributed by atoms with Gasteiger partial charge >= 0.3 is 0 Å². The van der Waals surface area contributed by atoms with Crippen molar-refractivity contribution < 1.29 is 0 Å². The molecule has 0 radical (unpaired) electrons. The molecule has 0 fully saturated rings. The molecule has 3 rings (SSSR count). The number of hydrogen-bond acceptors (Lipinski definition) is 2. The first-order valence-electron chi connectivity index (χ1n) is 5.22. The summed E-state index contributed by atoms with van der Waals surface area (Å²) in [5, 5.41) is 5.29. The van der Waals surface area contributed by atoms with Crippen LogP contribution in [0.3, 0.4) is 0 Å². The maximum Gasteiger partial charge on any atom is 0.171 e. The molecule has 19 heavy (non-hydrogen) atoms. The highest BCUT2D eigenvalue weighted by Crippen LogP contribution is 2.32. The molecule has 0 N–H and O–H groups in total. The van der Waals surface area contributed by atoms with Crippen molar-refractivity contribution in [2.75, 3.05) is 0 Å². The highest BCUT2D eigenvalue weighted by Gasteiger charge is 2.13. The average Bonchev–Trinajstić information content (AvgIpc) is 2.75. The maximum absolute atomic E-state index is 6.32. The largest absolute Gasteiger partial charge is 0.227 e. The van der Waals surface area contributed by atoms with Crippen molar-refractivity contribution in [2.24, 2.45) is 0 Å². The molecule has 0 unspecified atom stereocenters. The van der Waals surface area contributed by atoms with Gasteiger partial charge in [0.05, 0.1) is 21.4 Å². The summed E-state index contributed by atoms with van der Waals surface area (Å²) in [4.78, 5) is 4.55. The Hall–Kier alpha value is -0.370. The highest BCUT2D eigenvalue weighted by molar-refractivity contribution is 14.1. The SMILES string of the molecule is Clc1c(I)cccc1-c1cc(Cl)n2ncc(Br)c2n1. The van der Waals surface area contributed by atoms with E-state index in [1.807, 2.05) is 18.2 Å². The molecule has 0 saturated carbocycles. The number of aromatic nitrogens is 3. The van der Waals surface area contributed by atoms with Gasteiger partial charge < -0.3 is 0 Å². The van der Waals surface area contributed by atoms with Gasteiger partial charge in [0.25, 0.3) is 0 Å². The van der Waals surface area contributed by atoms with E-state index >= 15 is 0 Å². The molecular formula is C12H5BrCl2IN3. The van der Waals surface area contributed by atoms with Gasteiger partial charge in [0.2, 0.25) is 0 Å². The summed E-state index contributed by atoms with van der Waals surface area (Å²) >= 11 is 18.1. The third kappa shape index (κ3) is 2.37. The topological polar surface area (TPSA) is 30.2 Å². The first-order valence-corrected chi connectivity index (χ1v) is 7.85. The third-order valence-electron chi connectivity index (χ3n) is 2.61. The minimum atomic E-state index is 0.487. The van der Waals surface area contributed by atoms with Crippen LogP contribution in [-0.2, 0) is 0 Å². The van der Waals surface area contributed by atoms with Gasteiger partial charge in [0, 0.05) is 15.2 Å².